The van der Waals surface area contributed by atoms with E-state index in [0.29, 0.717) is 17.2 Å². The quantitative estimate of drug-likeness (QED) is 0.873. The van der Waals surface area contributed by atoms with E-state index < -0.39 is 6.10 Å². The fraction of sp³-hybridized carbons (Fsp3) is 0.571. The molecule has 0 radical (unpaired) electrons. The highest BCUT2D eigenvalue weighted by molar-refractivity contribution is 5.50. The van der Waals surface area contributed by atoms with Crippen LogP contribution in [0.3, 0.4) is 0 Å². The number of hydrogen-bond donors (Lipinski definition) is 1. The molecule has 0 bridgehead atoms. The van der Waals surface area contributed by atoms with E-state index in [1.54, 1.807) is 13.0 Å². The summed E-state index contributed by atoms with van der Waals surface area (Å²) in [6.07, 6.45) is 1.69. The van der Waals surface area contributed by atoms with Gasteiger partial charge < -0.3 is 10.0 Å². The number of aliphatic hydroxyl groups is 1. The molecule has 1 saturated heterocycles. The van der Waals surface area contributed by atoms with Crippen LogP contribution in [-0.4, -0.2) is 18.2 Å². The molecule has 0 spiro atoms. The minimum atomic E-state index is -0.611. The van der Waals surface area contributed by atoms with Crippen LogP contribution in [0.4, 0.5) is 10.1 Å². The number of benzene rings is 1. The highest BCUT2D eigenvalue weighted by Crippen LogP contribution is 2.29. The highest BCUT2D eigenvalue weighted by atomic mass is 19.1. The van der Waals surface area contributed by atoms with Crippen molar-refractivity contribution in [1.82, 2.24) is 0 Å². The third-order valence-corrected chi connectivity index (χ3v) is 3.66. The van der Waals surface area contributed by atoms with Gasteiger partial charge in [-0.1, -0.05) is 19.4 Å². The van der Waals surface area contributed by atoms with Crippen molar-refractivity contribution >= 4 is 5.69 Å². The van der Waals surface area contributed by atoms with E-state index in [1.165, 1.54) is 6.07 Å². The Balaban J connectivity index is 2.17. The molecule has 1 aliphatic rings. The molecule has 2 nitrogen and oxygen atoms in total. The molecular weight excluding hydrogens is 217 g/mol. The van der Waals surface area contributed by atoms with Crippen molar-refractivity contribution in [2.24, 2.45) is 5.92 Å². The summed E-state index contributed by atoms with van der Waals surface area (Å²) in [5.41, 5.74) is 1.31. The van der Waals surface area contributed by atoms with Crippen LogP contribution in [-0.2, 0) is 0 Å². The van der Waals surface area contributed by atoms with Gasteiger partial charge in [-0.05, 0) is 37.0 Å². The Morgan fingerprint density at radius 3 is 2.82 bits per heavy atom. The van der Waals surface area contributed by atoms with Crippen molar-refractivity contribution < 1.29 is 9.50 Å². The minimum absolute atomic E-state index is 0.222. The molecule has 1 heterocycles. The van der Waals surface area contributed by atoms with Crippen molar-refractivity contribution in [1.29, 1.82) is 0 Å². The lowest BCUT2D eigenvalue weighted by atomic mass is 10.1. The molecule has 2 rings (SSSR count). The molecule has 2 unspecified atom stereocenters. The van der Waals surface area contributed by atoms with Crippen molar-refractivity contribution in [3.63, 3.8) is 0 Å². The first-order valence-electron chi connectivity index (χ1n) is 6.34. The Bertz CT molecular complexity index is 392. The largest absolute Gasteiger partial charge is 0.389 e. The van der Waals surface area contributed by atoms with Crippen molar-refractivity contribution in [3.05, 3.63) is 29.6 Å². The van der Waals surface area contributed by atoms with Gasteiger partial charge in [-0.15, -0.1) is 0 Å². The predicted octanol–water partition coefficient (Wildman–Crippen LogP) is 3.12. The van der Waals surface area contributed by atoms with Crippen LogP contribution in [0.25, 0.3) is 0 Å². The number of rotatable bonds is 3. The van der Waals surface area contributed by atoms with Gasteiger partial charge in [0, 0.05) is 13.1 Å². The fourth-order valence-electron chi connectivity index (χ4n) is 2.42. The molecule has 0 saturated carbocycles. The third kappa shape index (κ3) is 2.60. The van der Waals surface area contributed by atoms with E-state index in [2.05, 4.69) is 11.8 Å². The zero-order chi connectivity index (χ0) is 12.4. The van der Waals surface area contributed by atoms with Crippen LogP contribution >= 0.6 is 0 Å². The normalized spacial score (nSPS) is 21.9. The van der Waals surface area contributed by atoms with Crippen LogP contribution in [0, 0.1) is 11.7 Å². The maximum atomic E-state index is 13.9. The maximum Gasteiger partial charge on any atom is 0.146 e. The first kappa shape index (κ1) is 12.4. The van der Waals surface area contributed by atoms with Crippen molar-refractivity contribution in [2.45, 2.75) is 32.8 Å². The summed E-state index contributed by atoms with van der Waals surface area (Å²) in [6.45, 7) is 5.71. The molecule has 1 N–H and O–H groups in total. The lowest BCUT2D eigenvalue weighted by Crippen LogP contribution is -2.20. The Morgan fingerprint density at radius 1 is 1.53 bits per heavy atom. The second-order valence-corrected chi connectivity index (χ2v) is 4.90. The minimum Gasteiger partial charge on any atom is -0.389 e. The van der Waals surface area contributed by atoms with Gasteiger partial charge in [-0.2, -0.15) is 0 Å². The van der Waals surface area contributed by atoms with Crippen molar-refractivity contribution in [2.75, 3.05) is 18.0 Å². The third-order valence-electron chi connectivity index (χ3n) is 3.66. The summed E-state index contributed by atoms with van der Waals surface area (Å²) in [5, 5.41) is 9.40. The standard InChI is InChI=1S/C14H20FNO/c1-3-11-6-7-16(9-11)14-5-4-12(10(2)17)8-13(14)15/h4-5,8,10-11,17H,3,6-7,9H2,1-2H3. The molecule has 1 fully saturated rings. The molecule has 0 aliphatic carbocycles. The predicted molar refractivity (Wildman–Crippen MR) is 67.6 cm³/mol. The molecule has 2 atom stereocenters. The van der Waals surface area contributed by atoms with E-state index in [0.717, 1.165) is 25.9 Å². The SMILES string of the molecule is CCC1CCN(c2ccc(C(C)O)cc2F)C1. The second kappa shape index (κ2) is 5.05. The van der Waals surface area contributed by atoms with Gasteiger partial charge in [0.15, 0.2) is 0 Å². The molecule has 94 valence electrons. The van der Waals surface area contributed by atoms with Gasteiger partial charge in [0.05, 0.1) is 11.8 Å². The lowest BCUT2D eigenvalue weighted by Gasteiger charge is -2.20. The van der Waals surface area contributed by atoms with Gasteiger partial charge in [0.2, 0.25) is 0 Å². The van der Waals surface area contributed by atoms with E-state index in [1.807, 2.05) is 6.07 Å². The van der Waals surface area contributed by atoms with Crippen LogP contribution in [0.1, 0.15) is 38.4 Å². The molecule has 17 heavy (non-hydrogen) atoms. The summed E-state index contributed by atoms with van der Waals surface area (Å²) in [7, 11) is 0. The highest BCUT2D eigenvalue weighted by Gasteiger charge is 2.23. The van der Waals surface area contributed by atoms with Gasteiger partial charge in [0.25, 0.3) is 0 Å². The Labute approximate surface area is 102 Å². The summed E-state index contributed by atoms with van der Waals surface area (Å²) < 4.78 is 13.9. The summed E-state index contributed by atoms with van der Waals surface area (Å²) in [5.74, 6) is 0.464. The van der Waals surface area contributed by atoms with E-state index >= 15 is 0 Å². The Morgan fingerprint density at radius 2 is 2.29 bits per heavy atom. The average molecular weight is 237 g/mol. The van der Waals surface area contributed by atoms with Gasteiger partial charge >= 0.3 is 0 Å². The summed E-state index contributed by atoms with van der Waals surface area (Å²) in [6, 6.07) is 5.04. The van der Waals surface area contributed by atoms with Gasteiger partial charge in [-0.25, -0.2) is 4.39 Å². The van der Waals surface area contributed by atoms with E-state index in [4.69, 9.17) is 0 Å². The van der Waals surface area contributed by atoms with Gasteiger partial charge in [0.1, 0.15) is 5.82 Å². The number of anilines is 1. The number of halogens is 1. The molecular formula is C14H20FNO. The van der Waals surface area contributed by atoms with Gasteiger partial charge in [-0.3, -0.25) is 0 Å². The molecule has 1 aromatic carbocycles. The lowest BCUT2D eigenvalue weighted by molar-refractivity contribution is 0.199. The fourth-order valence-corrected chi connectivity index (χ4v) is 2.42. The topological polar surface area (TPSA) is 23.5 Å². The Hall–Kier alpha value is -1.09. The van der Waals surface area contributed by atoms with Crippen LogP contribution in [0.15, 0.2) is 18.2 Å². The monoisotopic (exact) mass is 237 g/mol. The molecule has 0 amide bonds. The molecule has 1 aliphatic heterocycles. The zero-order valence-corrected chi connectivity index (χ0v) is 10.5. The number of aliphatic hydroxyl groups excluding tert-OH is 1. The van der Waals surface area contributed by atoms with Crippen LogP contribution < -0.4 is 4.90 Å². The van der Waals surface area contributed by atoms with E-state index in [-0.39, 0.29) is 5.82 Å². The number of hydrogen-bond acceptors (Lipinski definition) is 2. The first-order chi connectivity index (χ1) is 8.11. The zero-order valence-electron chi connectivity index (χ0n) is 10.5. The Kier molecular flexibility index (Phi) is 3.67. The second-order valence-electron chi connectivity index (χ2n) is 4.90. The molecule has 1 aromatic rings. The summed E-state index contributed by atoms with van der Waals surface area (Å²) in [4.78, 5) is 2.11. The van der Waals surface area contributed by atoms with Crippen molar-refractivity contribution in [3.8, 4) is 0 Å². The van der Waals surface area contributed by atoms with E-state index in [9.17, 15) is 9.50 Å². The average Bonchev–Trinajstić information content (AvgIpc) is 2.77. The van der Waals surface area contributed by atoms with Crippen LogP contribution in [0.5, 0.6) is 0 Å². The summed E-state index contributed by atoms with van der Waals surface area (Å²) >= 11 is 0. The molecule has 0 aromatic heterocycles. The first-order valence-corrected chi connectivity index (χ1v) is 6.34. The van der Waals surface area contributed by atoms with Crippen LogP contribution in [0.2, 0.25) is 0 Å². The number of nitrogens with zero attached hydrogens (tertiary/aromatic N) is 1. The smallest absolute Gasteiger partial charge is 0.146 e. The maximum absolute atomic E-state index is 13.9. The molecule has 3 heteroatoms.